The maximum atomic E-state index is 12.9. The molecule has 2 aromatic rings. The highest BCUT2D eigenvalue weighted by molar-refractivity contribution is 7.17. The van der Waals surface area contributed by atoms with Gasteiger partial charge in [0.1, 0.15) is 0 Å². The number of piperidine rings is 1. The first-order valence-corrected chi connectivity index (χ1v) is 9.24. The molecule has 1 fully saturated rings. The zero-order valence-corrected chi connectivity index (χ0v) is 15.5. The third-order valence-corrected chi connectivity index (χ3v) is 6.32. The van der Waals surface area contributed by atoms with Crippen molar-refractivity contribution in [3.05, 3.63) is 46.3 Å². The lowest BCUT2D eigenvalue weighted by Gasteiger charge is -2.31. The zero-order valence-electron chi connectivity index (χ0n) is 13.9. The molecule has 2 aliphatic rings. The lowest BCUT2D eigenvalue weighted by Crippen LogP contribution is -2.43. The van der Waals surface area contributed by atoms with Gasteiger partial charge in [-0.05, 0) is 61.5 Å². The maximum Gasteiger partial charge on any atom is 0.263 e. The predicted octanol–water partition coefficient (Wildman–Crippen LogP) is 3.76. The summed E-state index contributed by atoms with van der Waals surface area (Å²) in [6, 6.07) is 11.1. The molecule has 1 aliphatic carbocycles. The summed E-state index contributed by atoms with van der Waals surface area (Å²) in [4.78, 5) is 17.0. The summed E-state index contributed by atoms with van der Waals surface area (Å²) in [5.74, 6) is 0.189. The Morgan fingerprint density at radius 2 is 1.88 bits per heavy atom. The number of hydrogen-bond donors (Lipinski definition) is 1. The third-order valence-electron chi connectivity index (χ3n) is 5.12. The number of halogens is 1. The quantitative estimate of drug-likeness (QED) is 0.882. The molecule has 5 heteroatoms. The molecule has 24 heavy (non-hydrogen) atoms. The van der Waals surface area contributed by atoms with E-state index in [9.17, 15) is 4.79 Å². The zero-order chi connectivity index (χ0) is 15.8. The summed E-state index contributed by atoms with van der Waals surface area (Å²) in [5, 5.41) is 3.36. The second kappa shape index (κ2) is 7.26. The molecule has 0 radical (unpaired) electrons. The molecule has 3 nitrogen and oxygen atoms in total. The molecule has 0 bridgehead atoms. The van der Waals surface area contributed by atoms with E-state index < -0.39 is 0 Å². The monoisotopic (exact) mass is 362 g/mol. The summed E-state index contributed by atoms with van der Waals surface area (Å²) in [6.45, 7) is 2.02. The standard InChI is InChI=1S/C19H22N2OS.ClH/c1-21(15-8-10-20-11-9-15)19(22)17-12-14-7-6-13-4-2-3-5-16(13)18(14)23-17;/h2-5,12,15,20H,6-11H2,1H3;1H. The SMILES string of the molecule is CN(C(=O)c1cc2c(s1)-c1ccccc1CC2)C1CCNCC1.Cl. The molecule has 0 saturated carbocycles. The van der Waals surface area contributed by atoms with Crippen LogP contribution in [0.2, 0.25) is 0 Å². The first kappa shape index (κ1) is 17.5. The number of rotatable bonds is 2. The van der Waals surface area contributed by atoms with Crippen LogP contribution in [0.3, 0.4) is 0 Å². The summed E-state index contributed by atoms with van der Waals surface area (Å²) in [6.07, 6.45) is 4.23. The van der Waals surface area contributed by atoms with E-state index in [-0.39, 0.29) is 18.3 Å². The van der Waals surface area contributed by atoms with Crippen LogP contribution in [-0.2, 0) is 12.8 Å². The Labute approximate surface area is 153 Å². The fourth-order valence-corrected chi connectivity index (χ4v) is 4.96. The van der Waals surface area contributed by atoms with Crippen LogP contribution in [0.15, 0.2) is 30.3 Å². The normalized spacial score (nSPS) is 16.7. The van der Waals surface area contributed by atoms with Gasteiger partial charge in [-0.1, -0.05) is 24.3 Å². The van der Waals surface area contributed by atoms with Gasteiger partial charge in [-0.3, -0.25) is 4.79 Å². The van der Waals surface area contributed by atoms with Crippen molar-refractivity contribution in [1.29, 1.82) is 0 Å². The smallest absolute Gasteiger partial charge is 0.263 e. The van der Waals surface area contributed by atoms with Crippen molar-refractivity contribution in [3.8, 4) is 10.4 Å². The molecule has 1 saturated heterocycles. The number of hydrogen-bond acceptors (Lipinski definition) is 3. The van der Waals surface area contributed by atoms with Gasteiger partial charge in [-0.2, -0.15) is 0 Å². The number of nitrogens with one attached hydrogen (secondary N) is 1. The van der Waals surface area contributed by atoms with E-state index in [0.717, 1.165) is 43.6 Å². The van der Waals surface area contributed by atoms with Gasteiger partial charge < -0.3 is 10.2 Å². The number of carbonyl (C=O) groups excluding carboxylic acids is 1. The van der Waals surface area contributed by atoms with Crippen molar-refractivity contribution in [2.45, 2.75) is 31.7 Å². The van der Waals surface area contributed by atoms with Crippen molar-refractivity contribution >= 4 is 29.7 Å². The molecule has 0 unspecified atom stereocenters. The van der Waals surface area contributed by atoms with Gasteiger partial charge in [0.25, 0.3) is 5.91 Å². The van der Waals surface area contributed by atoms with Gasteiger partial charge in [0, 0.05) is 18.0 Å². The second-order valence-corrected chi connectivity index (χ2v) is 7.57. The Hall–Kier alpha value is -1.36. The third kappa shape index (κ3) is 3.10. The summed E-state index contributed by atoms with van der Waals surface area (Å²) >= 11 is 1.67. The molecule has 0 spiro atoms. The molecule has 1 aromatic carbocycles. The van der Waals surface area contributed by atoms with E-state index in [0.29, 0.717) is 6.04 Å². The van der Waals surface area contributed by atoms with Gasteiger partial charge in [0.2, 0.25) is 0 Å². The highest BCUT2D eigenvalue weighted by atomic mass is 35.5. The number of aryl methyl sites for hydroxylation is 2. The second-order valence-electron chi connectivity index (χ2n) is 6.52. The molecule has 2 heterocycles. The van der Waals surface area contributed by atoms with E-state index in [1.54, 1.807) is 11.3 Å². The van der Waals surface area contributed by atoms with Crippen LogP contribution in [-0.4, -0.2) is 37.0 Å². The molecule has 0 atom stereocenters. The number of fused-ring (bicyclic) bond motifs is 3. The number of carbonyl (C=O) groups is 1. The highest BCUT2D eigenvalue weighted by Crippen LogP contribution is 2.39. The van der Waals surface area contributed by atoms with Gasteiger partial charge in [0.15, 0.2) is 0 Å². The van der Waals surface area contributed by atoms with Crippen molar-refractivity contribution in [2.75, 3.05) is 20.1 Å². The Morgan fingerprint density at radius 3 is 2.67 bits per heavy atom. The topological polar surface area (TPSA) is 32.3 Å². The fourth-order valence-electron chi connectivity index (χ4n) is 3.71. The Bertz CT molecular complexity index is 737. The molecule has 4 rings (SSSR count). The Balaban J connectivity index is 0.00000169. The molecule has 1 N–H and O–H groups in total. The van der Waals surface area contributed by atoms with E-state index in [2.05, 4.69) is 35.6 Å². The van der Waals surface area contributed by atoms with Gasteiger partial charge >= 0.3 is 0 Å². The lowest BCUT2D eigenvalue weighted by atomic mass is 9.91. The Morgan fingerprint density at radius 1 is 1.17 bits per heavy atom. The minimum Gasteiger partial charge on any atom is -0.338 e. The average molecular weight is 363 g/mol. The molecular weight excluding hydrogens is 340 g/mol. The largest absolute Gasteiger partial charge is 0.338 e. The number of thiophene rings is 1. The first-order valence-electron chi connectivity index (χ1n) is 8.43. The van der Waals surface area contributed by atoms with E-state index in [1.807, 2.05) is 11.9 Å². The van der Waals surface area contributed by atoms with Gasteiger partial charge in [0.05, 0.1) is 4.88 Å². The van der Waals surface area contributed by atoms with Gasteiger partial charge in [-0.25, -0.2) is 0 Å². The number of nitrogens with zero attached hydrogens (tertiary/aromatic N) is 1. The highest BCUT2D eigenvalue weighted by Gasteiger charge is 2.26. The van der Waals surface area contributed by atoms with Gasteiger partial charge in [-0.15, -0.1) is 23.7 Å². The lowest BCUT2D eigenvalue weighted by molar-refractivity contribution is 0.0708. The van der Waals surface area contributed by atoms with E-state index >= 15 is 0 Å². The van der Waals surface area contributed by atoms with Crippen LogP contribution in [0.5, 0.6) is 0 Å². The van der Waals surface area contributed by atoms with Crippen LogP contribution in [0.1, 0.15) is 33.6 Å². The number of amides is 1. The molecule has 1 aliphatic heterocycles. The van der Waals surface area contributed by atoms with Crippen LogP contribution >= 0.6 is 23.7 Å². The minimum absolute atomic E-state index is 0. The number of benzene rings is 1. The molecular formula is C19H23ClN2OS. The van der Waals surface area contributed by atoms with Crippen LogP contribution in [0, 0.1) is 0 Å². The first-order chi connectivity index (χ1) is 11.2. The summed E-state index contributed by atoms with van der Waals surface area (Å²) in [5.41, 5.74) is 4.07. The minimum atomic E-state index is 0. The van der Waals surface area contributed by atoms with Crippen molar-refractivity contribution in [3.63, 3.8) is 0 Å². The summed E-state index contributed by atoms with van der Waals surface area (Å²) in [7, 11) is 1.96. The van der Waals surface area contributed by atoms with Crippen molar-refractivity contribution in [2.24, 2.45) is 0 Å². The molecule has 128 valence electrons. The average Bonchev–Trinajstić information content (AvgIpc) is 3.06. The van der Waals surface area contributed by atoms with E-state index in [4.69, 9.17) is 0 Å². The summed E-state index contributed by atoms with van der Waals surface area (Å²) < 4.78 is 0. The van der Waals surface area contributed by atoms with Crippen molar-refractivity contribution < 1.29 is 4.79 Å². The molecule has 1 aromatic heterocycles. The van der Waals surface area contributed by atoms with Crippen LogP contribution in [0.25, 0.3) is 10.4 Å². The van der Waals surface area contributed by atoms with Crippen LogP contribution in [0.4, 0.5) is 0 Å². The maximum absolute atomic E-state index is 12.9. The molecule has 1 amide bonds. The van der Waals surface area contributed by atoms with E-state index in [1.165, 1.54) is 21.6 Å². The van der Waals surface area contributed by atoms with Crippen LogP contribution < -0.4 is 5.32 Å². The predicted molar refractivity (Wildman–Crippen MR) is 102 cm³/mol. The Kier molecular flexibility index (Phi) is 5.28. The fraction of sp³-hybridized carbons (Fsp3) is 0.421. The van der Waals surface area contributed by atoms with Crippen molar-refractivity contribution in [1.82, 2.24) is 10.2 Å².